The molecule has 0 aliphatic heterocycles. The van der Waals surface area contributed by atoms with Gasteiger partial charge in [-0.2, -0.15) is 5.10 Å². The summed E-state index contributed by atoms with van der Waals surface area (Å²) < 4.78 is 6.34. The van der Waals surface area contributed by atoms with Gasteiger partial charge in [0.15, 0.2) is 12.3 Å². The van der Waals surface area contributed by atoms with Crippen molar-refractivity contribution in [3.8, 4) is 0 Å². The first-order valence-corrected chi connectivity index (χ1v) is 8.94. The van der Waals surface area contributed by atoms with Crippen molar-refractivity contribution in [3.05, 3.63) is 73.1 Å². The summed E-state index contributed by atoms with van der Waals surface area (Å²) in [5, 5.41) is 17.8. The number of nitrogens with one attached hydrogen (secondary N) is 1. The SMILES string of the molecule is Cn1nc(C(=O)OCC(=O)Nc2ccc([N+](=O)[O-])cc2Br)c2ccccc2c1=O. The van der Waals surface area contributed by atoms with Crippen LogP contribution in [0.2, 0.25) is 0 Å². The van der Waals surface area contributed by atoms with E-state index in [9.17, 15) is 24.5 Å². The Hall–Kier alpha value is -3.60. The molecule has 0 aliphatic rings. The third-order valence-electron chi connectivity index (χ3n) is 3.92. The van der Waals surface area contributed by atoms with Crippen LogP contribution < -0.4 is 10.9 Å². The molecule has 0 atom stereocenters. The first-order valence-electron chi connectivity index (χ1n) is 8.15. The molecule has 3 aromatic rings. The van der Waals surface area contributed by atoms with Crippen LogP contribution in [0, 0.1) is 10.1 Å². The van der Waals surface area contributed by atoms with Gasteiger partial charge in [-0.15, -0.1) is 0 Å². The summed E-state index contributed by atoms with van der Waals surface area (Å²) in [4.78, 5) is 46.8. The van der Waals surface area contributed by atoms with Crippen molar-refractivity contribution in [2.45, 2.75) is 0 Å². The van der Waals surface area contributed by atoms with Gasteiger partial charge >= 0.3 is 5.97 Å². The molecule has 0 unspecified atom stereocenters. The van der Waals surface area contributed by atoms with E-state index in [1.165, 1.54) is 25.2 Å². The summed E-state index contributed by atoms with van der Waals surface area (Å²) in [6.45, 7) is -0.610. The fourth-order valence-corrected chi connectivity index (χ4v) is 3.02. The van der Waals surface area contributed by atoms with Crippen molar-refractivity contribution in [1.29, 1.82) is 0 Å². The van der Waals surface area contributed by atoms with Gasteiger partial charge in [0.25, 0.3) is 17.2 Å². The fraction of sp³-hybridized carbons (Fsp3) is 0.111. The van der Waals surface area contributed by atoms with Crippen LogP contribution in [-0.2, 0) is 16.6 Å². The molecule has 10 nitrogen and oxygen atoms in total. The lowest BCUT2D eigenvalue weighted by Gasteiger charge is -2.09. The number of amides is 1. The molecule has 0 saturated heterocycles. The molecule has 1 amide bonds. The minimum atomic E-state index is -0.866. The predicted octanol–water partition coefficient (Wildman–Crippen LogP) is 2.40. The minimum Gasteiger partial charge on any atom is -0.451 e. The summed E-state index contributed by atoms with van der Waals surface area (Å²) in [6.07, 6.45) is 0. The van der Waals surface area contributed by atoms with Crippen LogP contribution in [0.5, 0.6) is 0 Å². The second-order valence-electron chi connectivity index (χ2n) is 5.87. The Morgan fingerprint density at radius 3 is 2.59 bits per heavy atom. The molecular formula is C18H13BrN4O6. The van der Waals surface area contributed by atoms with Gasteiger partial charge in [0, 0.05) is 29.0 Å². The minimum absolute atomic E-state index is 0.0907. The van der Waals surface area contributed by atoms with Gasteiger partial charge in [-0.3, -0.25) is 19.7 Å². The molecule has 0 bridgehead atoms. The van der Waals surface area contributed by atoms with E-state index >= 15 is 0 Å². The molecule has 29 heavy (non-hydrogen) atoms. The molecule has 3 rings (SSSR count). The Morgan fingerprint density at radius 1 is 1.24 bits per heavy atom. The lowest BCUT2D eigenvalue weighted by molar-refractivity contribution is -0.384. The molecule has 0 radical (unpaired) electrons. The number of esters is 1. The number of aromatic nitrogens is 2. The number of nitrogens with zero attached hydrogens (tertiary/aromatic N) is 3. The third-order valence-corrected chi connectivity index (χ3v) is 4.58. The number of fused-ring (bicyclic) bond motifs is 1. The summed E-state index contributed by atoms with van der Waals surface area (Å²) >= 11 is 3.13. The predicted molar refractivity (Wildman–Crippen MR) is 107 cm³/mol. The lowest BCUT2D eigenvalue weighted by Crippen LogP contribution is -2.26. The number of aryl methyl sites for hydroxylation is 1. The highest BCUT2D eigenvalue weighted by molar-refractivity contribution is 9.10. The second-order valence-corrected chi connectivity index (χ2v) is 6.72. The zero-order chi connectivity index (χ0) is 21.1. The molecule has 11 heteroatoms. The molecule has 0 spiro atoms. The van der Waals surface area contributed by atoms with Crippen molar-refractivity contribution in [2.24, 2.45) is 7.05 Å². The molecule has 148 valence electrons. The van der Waals surface area contributed by atoms with E-state index in [0.29, 0.717) is 15.2 Å². The van der Waals surface area contributed by atoms with E-state index in [0.717, 1.165) is 4.68 Å². The van der Waals surface area contributed by atoms with Crippen molar-refractivity contribution >= 4 is 50.0 Å². The number of rotatable bonds is 5. The standard InChI is InChI=1S/C18H13BrN4O6/c1-22-17(25)12-5-3-2-4-11(12)16(21-22)18(26)29-9-15(24)20-14-7-6-10(23(27)28)8-13(14)19/h2-8H,9H2,1H3,(H,20,24). The topological polar surface area (TPSA) is 133 Å². The van der Waals surface area contributed by atoms with Gasteiger partial charge in [0.05, 0.1) is 16.0 Å². The van der Waals surface area contributed by atoms with E-state index in [4.69, 9.17) is 4.74 Å². The number of hydrogen-bond acceptors (Lipinski definition) is 7. The fourth-order valence-electron chi connectivity index (χ4n) is 2.56. The highest BCUT2D eigenvalue weighted by Gasteiger charge is 2.18. The molecule has 0 saturated carbocycles. The van der Waals surface area contributed by atoms with E-state index in [2.05, 4.69) is 26.3 Å². The number of hydrogen-bond donors (Lipinski definition) is 1. The Morgan fingerprint density at radius 2 is 1.93 bits per heavy atom. The molecule has 0 aliphatic carbocycles. The van der Waals surface area contributed by atoms with Crippen LogP contribution in [0.15, 0.2) is 51.7 Å². The quantitative estimate of drug-likeness (QED) is 0.350. The Balaban J connectivity index is 1.72. The molecular weight excluding hydrogens is 448 g/mol. The number of ether oxygens (including phenoxy) is 1. The van der Waals surface area contributed by atoms with E-state index < -0.39 is 23.4 Å². The van der Waals surface area contributed by atoms with Gasteiger partial charge < -0.3 is 10.1 Å². The maximum absolute atomic E-state index is 12.4. The van der Waals surface area contributed by atoms with Gasteiger partial charge in [-0.1, -0.05) is 18.2 Å². The summed E-state index contributed by atoms with van der Waals surface area (Å²) in [5.41, 5.74) is -0.318. The lowest BCUT2D eigenvalue weighted by atomic mass is 10.1. The number of carbonyl (C=O) groups excluding carboxylic acids is 2. The van der Waals surface area contributed by atoms with Crippen LogP contribution in [0.25, 0.3) is 10.8 Å². The van der Waals surface area contributed by atoms with Crippen LogP contribution in [0.4, 0.5) is 11.4 Å². The van der Waals surface area contributed by atoms with Crippen molar-refractivity contribution < 1.29 is 19.2 Å². The normalized spacial score (nSPS) is 10.6. The highest BCUT2D eigenvalue weighted by atomic mass is 79.9. The Labute approximate surface area is 171 Å². The monoisotopic (exact) mass is 460 g/mol. The van der Waals surface area contributed by atoms with Crippen molar-refractivity contribution in [1.82, 2.24) is 9.78 Å². The molecule has 1 N–H and O–H groups in total. The van der Waals surface area contributed by atoms with Crippen molar-refractivity contribution in [2.75, 3.05) is 11.9 Å². The van der Waals surface area contributed by atoms with Gasteiger partial charge in [-0.25, -0.2) is 9.48 Å². The number of halogens is 1. The zero-order valence-corrected chi connectivity index (χ0v) is 16.5. The van der Waals surface area contributed by atoms with Gasteiger partial charge in [0.1, 0.15) is 0 Å². The van der Waals surface area contributed by atoms with E-state index in [1.54, 1.807) is 24.3 Å². The number of benzene rings is 2. The maximum Gasteiger partial charge on any atom is 0.359 e. The smallest absolute Gasteiger partial charge is 0.359 e. The molecule has 1 heterocycles. The number of anilines is 1. The Bertz CT molecular complexity index is 1210. The average molecular weight is 461 g/mol. The number of nitro benzene ring substituents is 1. The first kappa shape index (κ1) is 20.1. The van der Waals surface area contributed by atoms with Crippen LogP contribution in [-0.4, -0.2) is 33.2 Å². The van der Waals surface area contributed by atoms with Gasteiger partial charge in [0.2, 0.25) is 0 Å². The molecule has 2 aromatic carbocycles. The van der Waals surface area contributed by atoms with Gasteiger partial charge in [-0.05, 0) is 28.1 Å². The third kappa shape index (κ3) is 4.29. The van der Waals surface area contributed by atoms with E-state index in [1.807, 2.05) is 0 Å². The first-order chi connectivity index (χ1) is 13.8. The molecule has 0 fully saturated rings. The highest BCUT2D eigenvalue weighted by Crippen LogP contribution is 2.27. The average Bonchev–Trinajstić information content (AvgIpc) is 2.70. The van der Waals surface area contributed by atoms with Crippen LogP contribution in [0.3, 0.4) is 0 Å². The largest absolute Gasteiger partial charge is 0.451 e. The summed E-state index contributed by atoms with van der Waals surface area (Å²) in [5.74, 6) is -1.52. The molecule has 1 aromatic heterocycles. The number of nitro groups is 1. The zero-order valence-electron chi connectivity index (χ0n) is 14.9. The van der Waals surface area contributed by atoms with E-state index in [-0.39, 0.29) is 22.6 Å². The van der Waals surface area contributed by atoms with Crippen LogP contribution in [0.1, 0.15) is 10.5 Å². The maximum atomic E-state index is 12.4. The Kier molecular flexibility index (Phi) is 5.69. The second kappa shape index (κ2) is 8.19. The van der Waals surface area contributed by atoms with Crippen molar-refractivity contribution in [3.63, 3.8) is 0 Å². The van der Waals surface area contributed by atoms with Crippen LogP contribution >= 0.6 is 15.9 Å². The number of carbonyl (C=O) groups is 2. The number of non-ortho nitro benzene ring substituents is 1. The summed E-state index contributed by atoms with van der Waals surface area (Å²) in [7, 11) is 1.41. The summed E-state index contributed by atoms with van der Waals surface area (Å²) in [6, 6.07) is 10.3.